The van der Waals surface area contributed by atoms with Crippen molar-refractivity contribution in [1.82, 2.24) is 14.9 Å². The number of aromatic nitrogens is 2. The van der Waals surface area contributed by atoms with Gasteiger partial charge in [-0.15, -0.1) is 0 Å². The van der Waals surface area contributed by atoms with Crippen molar-refractivity contribution in [3.05, 3.63) is 40.3 Å². The molecule has 0 aliphatic carbocycles. The Bertz CT molecular complexity index is 529. The second-order valence-electron chi connectivity index (χ2n) is 4.31. The molecule has 1 aromatic carbocycles. The second kappa shape index (κ2) is 5.67. The van der Waals surface area contributed by atoms with Crippen molar-refractivity contribution in [2.75, 3.05) is 7.05 Å². The van der Waals surface area contributed by atoms with Crippen LogP contribution in [0.1, 0.15) is 18.3 Å². The van der Waals surface area contributed by atoms with E-state index >= 15 is 0 Å². The number of hydrogen-bond acceptors (Lipinski definition) is 2. The SMILES string of the molecule is CCc1ccc(-c2c(Br)nc(CNC)n2C)cc1. The Morgan fingerprint density at radius 2 is 1.94 bits per heavy atom. The summed E-state index contributed by atoms with van der Waals surface area (Å²) in [5.41, 5.74) is 3.67. The molecule has 1 heterocycles. The first-order valence-electron chi connectivity index (χ1n) is 6.12. The minimum atomic E-state index is 0.766. The summed E-state index contributed by atoms with van der Waals surface area (Å²) in [5.74, 6) is 1.03. The zero-order chi connectivity index (χ0) is 13.1. The van der Waals surface area contributed by atoms with Crippen molar-refractivity contribution >= 4 is 15.9 Å². The monoisotopic (exact) mass is 307 g/mol. The van der Waals surface area contributed by atoms with Crippen LogP contribution in [-0.4, -0.2) is 16.6 Å². The van der Waals surface area contributed by atoms with Gasteiger partial charge in [0.2, 0.25) is 0 Å². The predicted molar refractivity (Wildman–Crippen MR) is 78.5 cm³/mol. The van der Waals surface area contributed by atoms with Gasteiger partial charge < -0.3 is 9.88 Å². The molecule has 96 valence electrons. The van der Waals surface area contributed by atoms with Crippen molar-refractivity contribution in [3.8, 4) is 11.3 Å². The highest BCUT2D eigenvalue weighted by atomic mass is 79.9. The molecule has 3 nitrogen and oxygen atoms in total. The predicted octanol–water partition coefficient (Wildman–Crippen LogP) is 3.13. The summed E-state index contributed by atoms with van der Waals surface area (Å²) in [6.45, 7) is 2.93. The maximum absolute atomic E-state index is 4.54. The van der Waals surface area contributed by atoms with E-state index in [0.29, 0.717) is 0 Å². The molecule has 0 atom stereocenters. The van der Waals surface area contributed by atoms with Crippen LogP contribution < -0.4 is 5.32 Å². The zero-order valence-corrected chi connectivity index (χ0v) is 12.6. The van der Waals surface area contributed by atoms with E-state index in [1.54, 1.807) is 0 Å². The van der Waals surface area contributed by atoms with Crippen LogP contribution in [0.15, 0.2) is 28.9 Å². The Balaban J connectivity index is 2.43. The number of rotatable bonds is 4. The Morgan fingerprint density at radius 3 is 2.50 bits per heavy atom. The summed E-state index contributed by atoms with van der Waals surface area (Å²) in [5, 5.41) is 3.13. The van der Waals surface area contributed by atoms with E-state index in [1.807, 2.05) is 14.1 Å². The number of nitrogens with zero attached hydrogens (tertiary/aromatic N) is 2. The first kappa shape index (κ1) is 13.3. The lowest BCUT2D eigenvalue weighted by atomic mass is 10.1. The van der Waals surface area contributed by atoms with Gasteiger partial charge in [-0.2, -0.15) is 0 Å². The van der Waals surface area contributed by atoms with Gasteiger partial charge in [0, 0.05) is 12.6 Å². The number of aryl methyl sites for hydroxylation is 1. The lowest BCUT2D eigenvalue weighted by Crippen LogP contribution is -2.10. The van der Waals surface area contributed by atoms with Gasteiger partial charge in [-0.25, -0.2) is 4.98 Å². The molecule has 0 bridgehead atoms. The maximum atomic E-state index is 4.54. The highest BCUT2D eigenvalue weighted by Crippen LogP contribution is 2.28. The molecule has 0 saturated carbocycles. The van der Waals surface area contributed by atoms with Crippen LogP contribution in [0.3, 0.4) is 0 Å². The summed E-state index contributed by atoms with van der Waals surface area (Å²) in [6, 6.07) is 8.66. The average molecular weight is 308 g/mol. The fraction of sp³-hybridized carbons (Fsp3) is 0.357. The van der Waals surface area contributed by atoms with E-state index in [9.17, 15) is 0 Å². The van der Waals surface area contributed by atoms with Crippen molar-refractivity contribution in [2.45, 2.75) is 19.9 Å². The molecule has 2 rings (SSSR count). The molecule has 0 unspecified atom stereocenters. The molecule has 4 heteroatoms. The molecule has 0 amide bonds. The quantitative estimate of drug-likeness (QED) is 0.940. The van der Waals surface area contributed by atoms with E-state index in [2.05, 4.69) is 62.0 Å². The Morgan fingerprint density at radius 1 is 1.28 bits per heavy atom. The lowest BCUT2D eigenvalue weighted by molar-refractivity contribution is 0.712. The van der Waals surface area contributed by atoms with E-state index < -0.39 is 0 Å². The fourth-order valence-corrected chi connectivity index (χ4v) is 2.74. The average Bonchev–Trinajstić information content (AvgIpc) is 2.65. The normalized spacial score (nSPS) is 10.9. The highest BCUT2D eigenvalue weighted by Gasteiger charge is 2.13. The summed E-state index contributed by atoms with van der Waals surface area (Å²) >= 11 is 3.55. The number of imidazole rings is 1. The van der Waals surface area contributed by atoms with E-state index in [4.69, 9.17) is 0 Å². The minimum absolute atomic E-state index is 0.766. The molecule has 0 saturated heterocycles. The van der Waals surface area contributed by atoms with Gasteiger partial charge in [-0.1, -0.05) is 31.2 Å². The molecule has 1 aromatic heterocycles. The van der Waals surface area contributed by atoms with Crippen LogP contribution in [-0.2, 0) is 20.0 Å². The van der Waals surface area contributed by atoms with Gasteiger partial charge >= 0.3 is 0 Å². The first-order chi connectivity index (χ1) is 8.67. The van der Waals surface area contributed by atoms with Crippen molar-refractivity contribution in [2.24, 2.45) is 7.05 Å². The van der Waals surface area contributed by atoms with Crippen LogP contribution in [0.2, 0.25) is 0 Å². The van der Waals surface area contributed by atoms with Crippen LogP contribution in [0.5, 0.6) is 0 Å². The second-order valence-corrected chi connectivity index (χ2v) is 5.06. The molecular weight excluding hydrogens is 290 g/mol. The smallest absolute Gasteiger partial charge is 0.132 e. The van der Waals surface area contributed by atoms with Crippen LogP contribution in [0.4, 0.5) is 0 Å². The number of benzene rings is 1. The van der Waals surface area contributed by atoms with Gasteiger partial charge in [0.25, 0.3) is 0 Å². The number of nitrogens with one attached hydrogen (secondary N) is 1. The van der Waals surface area contributed by atoms with Crippen molar-refractivity contribution in [1.29, 1.82) is 0 Å². The molecule has 0 fully saturated rings. The maximum Gasteiger partial charge on any atom is 0.132 e. The first-order valence-corrected chi connectivity index (χ1v) is 6.91. The number of hydrogen-bond donors (Lipinski definition) is 1. The van der Waals surface area contributed by atoms with Crippen LogP contribution in [0.25, 0.3) is 11.3 Å². The standard InChI is InChI=1S/C14H18BrN3/c1-4-10-5-7-11(8-6-10)13-14(15)17-12(9-16-2)18(13)3/h5-8,16H,4,9H2,1-3H3. The molecule has 0 radical (unpaired) electrons. The van der Waals surface area contributed by atoms with E-state index in [1.165, 1.54) is 11.1 Å². The van der Waals surface area contributed by atoms with Crippen LogP contribution >= 0.6 is 15.9 Å². The van der Waals surface area contributed by atoms with Gasteiger partial charge in [0.15, 0.2) is 0 Å². The fourth-order valence-electron chi connectivity index (χ4n) is 2.04. The summed E-state index contributed by atoms with van der Waals surface area (Å²) < 4.78 is 3.03. The topological polar surface area (TPSA) is 29.9 Å². The molecule has 0 aliphatic heterocycles. The third kappa shape index (κ3) is 2.49. The molecule has 1 N–H and O–H groups in total. The molecule has 0 spiro atoms. The van der Waals surface area contributed by atoms with Crippen molar-refractivity contribution in [3.63, 3.8) is 0 Å². The number of halogens is 1. The Kier molecular flexibility index (Phi) is 4.19. The molecular formula is C14H18BrN3. The van der Waals surface area contributed by atoms with Gasteiger partial charge in [-0.3, -0.25) is 0 Å². The van der Waals surface area contributed by atoms with Crippen LogP contribution in [0, 0.1) is 0 Å². The summed E-state index contributed by atoms with van der Waals surface area (Å²) in [6.07, 6.45) is 1.07. The summed E-state index contributed by atoms with van der Waals surface area (Å²) in [7, 11) is 3.98. The van der Waals surface area contributed by atoms with Crippen molar-refractivity contribution < 1.29 is 0 Å². The van der Waals surface area contributed by atoms with Gasteiger partial charge in [0.1, 0.15) is 10.4 Å². The molecule has 18 heavy (non-hydrogen) atoms. The largest absolute Gasteiger partial charge is 0.329 e. The summed E-state index contributed by atoms with van der Waals surface area (Å²) in [4.78, 5) is 4.54. The lowest BCUT2D eigenvalue weighted by Gasteiger charge is -2.07. The Labute approximate surface area is 116 Å². The van der Waals surface area contributed by atoms with E-state index in [-0.39, 0.29) is 0 Å². The van der Waals surface area contributed by atoms with Gasteiger partial charge in [0.05, 0.1) is 12.2 Å². The Hall–Kier alpha value is -1.13. The van der Waals surface area contributed by atoms with Gasteiger partial charge in [-0.05, 0) is 35.0 Å². The third-order valence-corrected chi connectivity index (χ3v) is 3.67. The third-order valence-electron chi connectivity index (χ3n) is 3.12. The molecule has 2 aromatic rings. The molecule has 0 aliphatic rings. The zero-order valence-electron chi connectivity index (χ0n) is 11.0. The highest BCUT2D eigenvalue weighted by molar-refractivity contribution is 9.10. The van der Waals surface area contributed by atoms with E-state index in [0.717, 1.165) is 29.1 Å². The minimum Gasteiger partial charge on any atom is -0.329 e.